The van der Waals surface area contributed by atoms with Gasteiger partial charge in [-0.1, -0.05) is 174 Å². The highest BCUT2D eigenvalue weighted by Gasteiger charge is 2.27. The van der Waals surface area contributed by atoms with Crippen LogP contribution >= 0.6 is 7.82 Å². The number of carboxylic acids is 1. The smallest absolute Gasteiger partial charge is 0.472 e. The first-order valence-corrected chi connectivity index (χ1v) is 21.6. The van der Waals surface area contributed by atoms with E-state index in [1.54, 1.807) is 0 Å². The Balaban J connectivity index is 4.14. The molecular formula is C38H76NO9P. The Hall–Kier alpha value is -1.03. The first-order chi connectivity index (χ1) is 23.7. The van der Waals surface area contributed by atoms with Gasteiger partial charge in [0.2, 0.25) is 0 Å². The van der Waals surface area contributed by atoms with E-state index < -0.39 is 45.1 Å². The minimum absolute atomic E-state index is 0.0249. The van der Waals surface area contributed by atoms with Crippen molar-refractivity contribution in [3.05, 3.63) is 0 Å². The van der Waals surface area contributed by atoms with Gasteiger partial charge in [0.15, 0.2) is 0 Å². The van der Waals surface area contributed by atoms with Crippen molar-refractivity contribution < 1.29 is 42.7 Å². The molecule has 0 aliphatic heterocycles. The van der Waals surface area contributed by atoms with E-state index in [2.05, 4.69) is 13.8 Å². The monoisotopic (exact) mass is 722 g/mol. The van der Waals surface area contributed by atoms with Crippen molar-refractivity contribution in [1.82, 2.24) is 0 Å². The van der Waals surface area contributed by atoms with Gasteiger partial charge in [-0.25, -0.2) is 4.57 Å². The number of aliphatic carboxylic acids is 1. The Kier molecular flexibility index (Phi) is 34.6. The summed E-state index contributed by atoms with van der Waals surface area (Å²) in [4.78, 5) is 33.3. The van der Waals surface area contributed by atoms with Crippen LogP contribution in [0.1, 0.15) is 194 Å². The van der Waals surface area contributed by atoms with Crippen LogP contribution in [-0.2, 0) is 32.7 Å². The Labute approximate surface area is 299 Å². The molecule has 0 spiro atoms. The second kappa shape index (κ2) is 35.4. The zero-order valence-corrected chi connectivity index (χ0v) is 32.5. The predicted octanol–water partition coefficient (Wildman–Crippen LogP) is 10.4. The van der Waals surface area contributed by atoms with Gasteiger partial charge in [-0.3, -0.25) is 18.6 Å². The highest BCUT2D eigenvalue weighted by atomic mass is 31.2. The fourth-order valence-corrected chi connectivity index (χ4v) is 6.50. The summed E-state index contributed by atoms with van der Waals surface area (Å²) in [7, 11) is -4.60. The molecule has 0 fully saturated rings. The Morgan fingerprint density at radius 3 is 1.35 bits per heavy atom. The van der Waals surface area contributed by atoms with Gasteiger partial charge in [-0.15, -0.1) is 0 Å². The molecule has 0 rings (SSSR count). The number of esters is 1. The maximum atomic E-state index is 12.5. The quantitative estimate of drug-likeness (QED) is 0.0317. The molecule has 4 N–H and O–H groups in total. The van der Waals surface area contributed by atoms with Gasteiger partial charge >= 0.3 is 19.8 Å². The average molecular weight is 722 g/mol. The number of carboxylic acid groups (broad SMARTS) is 1. The molecule has 0 saturated heterocycles. The molecule has 0 saturated carbocycles. The summed E-state index contributed by atoms with van der Waals surface area (Å²) < 4.78 is 33.2. The predicted molar refractivity (Wildman–Crippen MR) is 199 cm³/mol. The first-order valence-electron chi connectivity index (χ1n) is 20.1. The van der Waals surface area contributed by atoms with Crippen LogP contribution in [0.15, 0.2) is 0 Å². The van der Waals surface area contributed by atoms with Crippen molar-refractivity contribution >= 4 is 19.8 Å². The van der Waals surface area contributed by atoms with Crippen molar-refractivity contribution in [1.29, 1.82) is 0 Å². The van der Waals surface area contributed by atoms with E-state index in [9.17, 15) is 19.0 Å². The van der Waals surface area contributed by atoms with Crippen LogP contribution in [-0.4, -0.2) is 60.5 Å². The minimum atomic E-state index is -4.60. The van der Waals surface area contributed by atoms with Crippen LogP contribution in [0.2, 0.25) is 0 Å². The van der Waals surface area contributed by atoms with Crippen molar-refractivity contribution in [2.75, 3.05) is 26.4 Å². The molecule has 3 unspecified atom stereocenters. The lowest BCUT2D eigenvalue weighted by Crippen LogP contribution is -2.34. The van der Waals surface area contributed by atoms with E-state index in [4.69, 9.17) is 29.4 Å². The van der Waals surface area contributed by atoms with E-state index in [0.29, 0.717) is 6.61 Å². The number of carbonyl (C=O) groups is 2. The Bertz CT molecular complexity index is 801. The van der Waals surface area contributed by atoms with E-state index in [-0.39, 0.29) is 13.0 Å². The zero-order valence-electron chi connectivity index (χ0n) is 31.6. The molecular weight excluding hydrogens is 645 g/mol. The van der Waals surface area contributed by atoms with Gasteiger partial charge in [0.25, 0.3) is 0 Å². The largest absolute Gasteiger partial charge is 0.480 e. The second-order valence-corrected chi connectivity index (χ2v) is 15.2. The molecule has 3 atom stereocenters. The number of hydrogen-bond donors (Lipinski definition) is 3. The number of nitrogens with two attached hydrogens (primary N) is 1. The molecule has 0 aromatic carbocycles. The molecule has 0 aliphatic carbocycles. The van der Waals surface area contributed by atoms with Crippen molar-refractivity contribution in [3.8, 4) is 0 Å². The fourth-order valence-electron chi connectivity index (χ4n) is 5.72. The number of hydrogen-bond acceptors (Lipinski definition) is 8. The van der Waals surface area contributed by atoms with Crippen LogP contribution in [0.5, 0.6) is 0 Å². The topological polar surface area (TPSA) is 155 Å². The third kappa shape index (κ3) is 35.2. The van der Waals surface area contributed by atoms with Gasteiger partial charge in [-0.2, -0.15) is 0 Å². The summed E-state index contributed by atoms with van der Waals surface area (Å²) in [6.07, 6.45) is 33.1. The summed E-state index contributed by atoms with van der Waals surface area (Å²) in [5, 5.41) is 8.86. The normalized spacial score (nSPS) is 14.0. The van der Waals surface area contributed by atoms with Gasteiger partial charge in [0, 0.05) is 13.0 Å². The van der Waals surface area contributed by atoms with Crippen LogP contribution in [0.4, 0.5) is 0 Å². The molecule has 49 heavy (non-hydrogen) atoms. The molecule has 11 heteroatoms. The van der Waals surface area contributed by atoms with Crippen molar-refractivity contribution in [2.24, 2.45) is 5.73 Å². The summed E-state index contributed by atoms with van der Waals surface area (Å²) in [6.45, 7) is 3.88. The number of carbonyl (C=O) groups excluding carboxylic acids is 1. The number of unbranched alkanes of at least 4 members (excludes halogenated alkanes) is 25. The van der Waals surface area contributed by atoms with E-state index in [1.807, 2.05) is 0 Å². The molecule has 0 radical (unpaired) electrons. The molecule has 10 nitrogen and oxygen atoms in total. The van der Waals surface area contributed by atoms with E-state index in [0.717, 1.165) is 38.5 Å². The summed E-state index contributed by atoms with van der Waals surface area (Å²) >= 11 is 0. The first kappa shape index (κ1) is 48.0. The fraction of sp³-hybridized carbons (Fsp3) is 0.947. The summed E-state index contributed by atoms with van der Waals surface area (Å²) in [5.74, 6) is -1.77. The van der Waals surface area contributed by atoms with Crippen LogP contribution in [0.25, 0.3) is 0 Å². The summed E-state index contributed by atoms with van der Waals surface area (Å²) in [6, 6.07) is -1.47. The maximum absolute atomic E-state index is 12.5. The van der Waals surface area contributed by atoms with E-state index in [1.165, 1.54) is 135 Å². The van der Waals surface area contributed by atoms with Gasteiger partial charge in [-0.05, 0) is 12.8 Å². The van der Waals surface area contributed by atoms with Gasteiger partial charge in [0.05, 0.1) is 19.8 Å². The lowest BCUT2D eigenvalue weighted by molar-refractivity contribution is -0.154. The Morgan fingerprint density at radius 2 is 0.939 bits per heavy atom. The van der Waals surface area contributed by atoms with Crippen molar-refractivity contribution in [3.63, 3.8) is 0 Å². The highest BCUT2D eigenvalue weighted by Crippen LogP contribution is 2.43. The number of rotatable bonds is 39. The van der Waals surface area contributed by atoms with Gasteiger partial charge < -0.3 is 25.2 Å². The lowest BCUT2D eigenvalue weighted by atomic mass is 10.0. The van der Waals surface area contributed by atoms with Crippen LogP contribution < -0.4 is 5.73 Å². The lowest BCUT2D eigenvalue weighted by Gasteiger charge is -2.20. The van der Waals surface area contributed by atoms with E-state index >= 15 is 0 Å². The number of ether oxygens (including phenoxy) is 2. The molecule has 0 aliphatic rings. The Morgan fingerprint density at radius 1 is 0.571 bits per heavy atom. The van der Waals surface area contributed by atoms with Crippen molar-refractivity contribution in [2.45, 2.75) is 206 Å². The molecule has 292 valence electrons. The third-order valence-corrected chi connectivity index (χ3v) is 9.84. The average Bonchev–Trinajstić information content (AvgIpc) is 3.07. The van der Waals surface area contributed by atoms with Gasteiger partial charge in [0.1, 0.15) is 12.1 Å². The van der Waals surface area contributed by atoms with Crippen LogP contribution in [0, 0.1) is 0 Å². The molecule has 0 bridgehead atoms. The second-order valence-electron chi connectivity index (χ2n) is 13.8. The minimum Gasteiger partial charge on any atom is -0.480 e. The number of phosphoric ester groups is 1. The van der Waals surface area contributed by atoms with Crippen LogP contribution in [0.3, 0.4) is 0 Å². The molecule has 0 aromatic heterocycles. The highest BCUT2D eigenvalue weighted by molar-refractivity contribution is 7.47. The SMILES string of the molecule is CCCCCCCCCCCCCCCCCCCCOCC(COP(=O)(O)OCC(N)C(=O)O)OC(=O)CCCCCCCCCCC. The zero-order chi connectivity index (χ0) is 36.3. The maximum Gasteiger partial charge on any atom is 0.472 e. The molecule has 0 heterocycles. The standard InChI is InChI=1S/C38H76NO9P/c1-3-5-7-9-11-13-14-15-16-17-18-19-20-21-23-25-27-29-31-45-32-35(33-46-49(43,44)47-34-36(39)38(41)42)48-37(40)30-28-26-24-22-12-10-8-6-4-2/h35-36H,3-34,39H2,1-2H3,(H,41,42)(H,43,44). The summed E-state index contributed by atoms with van der Waals surface area (Å²) in [5.41, 5.74) is 5.33. The third-order valence-electron chi connectivity index (χ3n) is 8.89. The number of phosphoric acid groups is 1. The molecule has 0 amide bonds. The molecule has 0 aromatic rings.